The number of rotatable bonds is 8. The minimum Gasteiger partial charge on any atom is -0.493 e. The molecule has 3 aromatic carbocycles. The molecule has 0 saturated heterocycles. The third-order valence-electron chi connectivity index (χ3n) is 6.35. The average Bonchev–Trinajstić information content (AvgIpc) is 3.26. The summed E-state index contributed by atoms with van der Waals surface area (Å²) in [6.45, 7) is 4.18. The van der Waals surface area contributed by atoms with Crippen LogP contribution >= 0.6 is 11.3 Å². The van der Waals surface area contributed by atoms with E-state index in [9.17, 15) is 9.59 Å². The number of carbonyl (C=O) groups is 1. The fraction of sp³-hybridized carbons (Fsp3) is 0.194. The van der Waals surface area contributed by atoms with E-state index in [2.05, 4.69) is 4.99 Å². The van der Waals surface area contributed by atoms with Crippen molar-refractivity contribution in [3.63, 3.8) is 0 Å². The summed E-state index contributed by atoms with van der Waals surface area (Å²) in [5, 5.41) is 0. The predicted octanol–water partition coefficient (Wildman–Crippen LogP) is 4.39. The highest BCUT2D eigenvalue weighted by molar-refractivity contribution is 7.07. The Bertz CT molecular complexity index is 1710. The number of allylic oxidation sites excluding steroid dienone is 1. The molecule has 0 amide bonds. The van der Waals surface area contributed by atoms with Crippen LogP contribution in [0.2, 0.25) is 0 Å². The fourth-order valence-corrected chi connectivity index (χ4v) is 5.57. The van der Waals surface area contributed by atoms with E-state index in [-0.39, 0.29) is 12.2 Å². The van der Waals surface area contributed by atoms with Crippen molar-refractivity contribution in [2.75, 3.05) is 13.7 Å². The van der Waals surface area contributed by atoms with Crippen LogP contribution < -0.4 is 24.4 Å². The van der Waals surface area contributed by atoms with Crippen LogP contribution in [0.25, 0.3) is 6.08 Å². The second-order valence-electron chi connectivity index (χ2n) is 8.90. The summed E-state index contributed by atoms with van der Waals surface area (Å²) in [4.78, 5) is 31.9. The van der Waals surface area contributed by atoms with Crippen LogP contribution in [-0.4, -0.2) is 24.3 Å². The van der Waals surface area contributed by atoms with Gasteiger partial charge in [-0.3, -0.25) is 9.36 Å². The third-order valence-corrected chi connectivity index (χ3v) is 7.34. The van der Waals surface area contributed by atoms with Gasteiger partial charge in [0.2, 0.25) is 0 Å². The molecule has 0 fully saturated rings. The zero-order chi connectivity index (χ0) is 27.4. The van der Waals surface area contributed by atoms with Gasteiger partial charge in [-0.25, -0.2) is 9.79 Å². The van der Waals surface area contributed by atoms with Crippen LogP contribution in [-0.2, 0) is 16.1 Å². The van der Waals surface area contributed by atoms with Gasteiger partial charge in [0.25, 0.3) is 5.56 Å². The van der Waals surface area contributed by atoms with E-state index < -0.39 is 12.0 Å². The van der Waals surface area contributed by atoms with Crippen LogP contribution in [0, 0.1) is 0 Å². The lowest BCUT2D eigenvalue weighted by molar-refractivity contribution is -0.139. The molecule has 5 rings (SSSR count). The molecule has 7 nitrogen and oxygen atoms in total. The number of carbonyl (C=O) groups excluding carboxylic acids is 1. The number of thiazole rings is 1. The Kier molecular flexibility index (Phi) is 7.74. The summed E-state index contributed by atoms with van der Waals surface area (Å²) in [5.74, 6) is 0.700. The maximum Gasteiger partial charge on any atom is 0.338 e. The Labute approximate surface area is 229 Å². The van der Waals surface area contributed by atoms with Crippen molar-refractivity contribution < 1.29 is 19.0 Å². The number of nitrogens with zero attached hydrogens (tertiary/aromatic N) is 2. The van der Waals surface area contributed by atoms with Crippen molar-refractivity contribution >= 4 is 23.4 Å². The van der Waals surface area contributed by atoms with E-state index in [0.29, 0.717) is 38.7 Å². The van der Waals surface area contributed by atoms with Gasteiger partial charge in [0.15, 0.2) is 16.3 Å². The molecule has 0 aliphatic carbocycles. The van der Waals surface area contributed by atoms with Gasteiger partial charge in [0.05, 0.1) is 35.6 Å². The lowest BCUT2D eigenvalue weighted by Crippen LogP contribution is -2.39. The van der Waals surface area contributed by atoms with E-state index in [1.54, 1.807) is 31.6 Å². The van der Waals surface area contributed by atoms with Gasteiger partial charge < -0.3 is 14.2 Å². The molecule has 0 bridgehead atoms. The van der Waals surface area contributed by atoms with Crippen molar-refractivity contribution in [3.8, 4) is 11.5 Å². The van der Waals surface area contributed by atoms with Gasteiger partial charge in [0, 0.05) is 0 Å². The Balaban J connectivity index is 1.54. The monoisotopic (exact) mass is 540 g/mol. The number of aromatic nitrogens is 1. The molecule has 1 aromatic heterocycles. The summed E-state index contributed by atoms with van der Waals surface area (Å²) >= 11 is 1.28. The largest absolute Gasteiger partial charge is 0.493 e. The molecule has 4 aromatic rings. The Morgan fingerprint density at radius 3 is 2.44 bits per heavy atom. The van der Waals surface area contributed by atoms with E-state index in [1.807, 2.05) is 78.9 Å². The Morgan fingerprint density at radius 2 is 1.74 bits per heavy atom. The lowest BCUT2D eigenvalue weighted by atomic mass is 9.96. The predicted molar refractivity (Wildman–Crippen MR) is 151 cm³/mol. The molecular weight excluding hydrogens is 512 g/mol. The van der Waals surface area contributed by atoms with Gasteiger partial charge in [0.1, 0.15) is 6.61 Å². The topological polar surface area (TPSA) is 79.1 Å². The molecule has 0 radical (unpaired) electrons. The molecule has 1 atom stereocenters. The maximum atomic E-state index is 13.8. The molecule has 1 aliphatic rings. The molecule has 2 heterocycles. The summed E-state index contributed by atoms with van der Waals surface area (Å²) in [5.41, 5.74) is 3.31. The zero-order valence-electron chi connectivity index (χ0n) is 21.9. The van der Waals surface area contributed by atoms with Crippen LogP contribution in [0.4, 0.5) is 0 Å². The highest BCUT2D eigenvalue weighted by atomic mass is 32.1. The molecule has 39 heavy (non-hydrogen) atoms. The number of fused-ring (bicyclic) bond motifs is 1. The van der Waals surface area contributed by atoms with Crippen LogP contribution in [0.15, 0.2) is 99.9 Å². The van der Waals surface area contributed by atoms with Crippen molar-refractivity contribution in [1.82, 2.24) is 4.57 Å². The highest BCUT2D eigenvalue weighted by Crippen LogP contribution is 2.31. The van der Waals surface area contributed by atoms with Gasteiger partial charge in [-0.2, -0.15) is 0 Å². The highest BCUT2D eigenvalue weighted by Gasteiger charge is 2.33. The van der Waals surface area contributed by atoms with Crippen LogP contribution in [0.3, 0.4) is 0 Å². The second-order valence-corrected chi connectivity index (χ2v) is 9.91. The standard InChI is InChI=1S/C31H28N2O5S/c1-4-37-30(35)27-20(2)32-31-33(28(27)23-13-9-6-10-14-23)29(34)26(39-31)18-22-15-16-24(25(17-22)36-3)38-19-21-11-7-5-8-12-21/h5-18,28H,4,19H2,1-3H3/b26-18+. The number of esters is 1. The SMILES string of the molecule is CCOC(=O)C1=C(C)N=c2s/c(=C/c3ccc(OCc4ccccc4)c(OC)c3)c(=O)n2C1c1ccccc1. The van der Waals surface area contributed by atoms with Gasteiger partial charge in [-0.05, 0) is 48.7 Å². The van der Waals surface area contributed by atoms with E-state index in [0.717, 1.165) is 16.7 Å². The number of hydrogen-bond acceptors (Lipinski definition) is 7. The first-order valence-corrected chi connectivity index (χ1v) is 13.4. The third kappa shape index (κ3) is 5.42. The first-order valence-electron chi connectivity index (χ1n) is 12.6. The van der Waals surface area contributed by atoms with E-state index in [4.69, 9.17) is 14.2 Å². The summed E-state index contributed by atoms with van der Waals surface area (Å²) in [6.07, 6.45) is 1.80. The van der Waals surface area contributed by atoms with Gasteiger partial charge in [-0.15, -0.1) is 0 Å². The maximum absolute atomic E-state index is 13.8. The first kappa shape index (κ1) is 26.2. The minimum absolute atomic E-state index is 0.231. The fourth-order valence-electron chi connectivity index (χ4n) is 4.52. The molecule has 8 heteroatoms. The van der Waals surface area contributed by atoms with Crippen molar-refractivity contribution in [1.29, 1.82) is 0 Å². The summed E-state index contributed by atoms with van der Waals surface area (Å²) in [7, 11) is 1.59. The van der Waals surface area contributed by atoms with E-state index >= 15 is 0 Å². The number of methoxy groups -OCH3 is 1. The number of benzene rings is 3. The van der Waals surface area contributed by atoms with Crippen LogP contribution in [0.1, 0.15) is 36.6 Å². The normalized spacial score (nSPS) is 14.9. The summed E-state index contributed by atoms with van der Waals surface area (Å²) < 4.78 is 19.0. The van der Waals surface area contributed by atoms with Crippen molar-refractivity contribution in [2.45, 2.75) is 26.5 Å². The molecular formula is C31H28N2O5S. The van der Waals surface area contributed by atoms with Crippen molar-refractivity contribution in [2.24, 2.45) is 4.99 Å². The van der Waals surface area contributed by atoms with Crippen molar-refractivity contribution in [3.05, 3.63) is 127 Å². The molecule has 1 unspecified atom stereocenters. The molecule has 198 valence electrons. The minimum atomic E-state index is -0.632. The van der Waals surface area contributed by atoms with Gasteiger partial charge >= 0.3 is 5.97 Å². The van der Waals surface area contributed by atoms with Crippen LogP contribution in [0.5, 0.6) is 11.5 Å². The van der Waals surface area contributed by atoms with E-state index in [1.165, 1.54) is 11.3 Å². The quantitative estimate of drug-likeness (QED) is 0.310. The number of hydrogen-bond donors (Lipinski definition) is 0. The first-order chi connectivity index (χ1) is 19.0. The summed E-state index contributed by atoms with van der Waals surface area (Å²) in [6, 6.07) is 24.3. The molecule has 1 aliphatic heterocycles. The second kappa shape index (κ2) is 11.5. The zero-order valence-corrected chi connectivity index (χ0v) is 22.7. The molecule has 0 N–H and O–H groups in total. The molecule has 0 saturated carbocycles. The smallest absolute Gasteiger partial charge is 0.338 e. The van der Waals surface area contributed by atoms with Gasteiger partial charge in [-0.1, -0.05) is 78.1 Å². The number of ether oxygens (including phenoxy) is 3. The molecule has 0 spiro atoms. The lowest BCUT2D eigenvalue weighted by Gasteiger charge is -2.24. The average molecular weight is 541 g/mol. The Hall–Kier alpha value is -4.43. The Morgan fingerprint density at radius 1 is 1.03 bits per heavy atom.